The van der Waals surface area contributed by atoms with Crippen molar-refractivity contribution in [3.63, 3.8) is 0 Å². The maximum absolute atomic E-state index is 9.43. The lowest BCUT2D eigenvalue weighted by Crippen LogP contribution is -2.38. The van der Waals surface area contributed by atoms with Gasteiger partial charge in [0.25, 0.3) is 0 Å². The van der Waals surface area contributed by atoms with Crippen LogP contribution in [0.5, 0.6) is 0 Å². The van der Waals surface area contributed by atoms with Crippen LogP contribution >= 0.6 is 27.5 Å². The van der Waals surface area contributed by atoms with Crippen LogP contribution in [0.25, 0.3) is 0 Å². The van der Waals surface area contributed by atoms with Gasteiger partial charge >= 0.3 is 0 Å². The summed E-state index contributed by atoms with van der Waals surface area (Å²) in [5.74, 6) is 0. The van der Waals surface area contributed by atoms with Crippen molar-refractivity contribution in [1.29, 1.82) is 0 Å². The molecule has 1 aromatic carbocycles. The fourth-order valence-corrected chi connectivity index (χ4v) is 2.70. The monoisotopic (exact) mass is 274 g/mol. The van der Waals surface area contributed by atoms with Crippen LogP contribution in [0.1, 0.15) is 24.8 Å². The van der Waals surface area contributed by atoms with E-state index in [1.165, 1.54) is 6.42 Å². The summed E-state index contributed by atoms with van der Waals surface area (Å²) in [5, 5.41) is 10.2. The molecule has 1 saturated carbocycles. The van der Waals surface area contributed by atoms with Crippen LogP contribution in [0.3, 0.4) is 0 Å². The molecule has 3 heteroatoms. The molecule has 76 valence electrons. The van der Waals surface area contributed by atoms with Crippen LogP contribution < -0.4 is 0 Å². The minimum atomic E-state index is -0.0686. The fraction of sp³-hybridized carbons (Fsp3) is 0.455. The number of aliphatic hydroxyl groups is 1. The molecule has 0 bridgehead atoms. The Labute approximate surface area is 97.2 Å². The minimum absolute atomic E-state index is 0.0686. The molecule has 1 aromatic rings. The second-order valence-electron chi connectivity index (χ2n) is 3.92. The first-order valence-corrected chi connectivity index (χ1v) is 5.91. The van der Waals surface area contributed by atoms with E-state index in [0.29, 0.717) is 0 Å². The SMILES string of the molecule is OCC1(c2cc(Br)ccc2Cl)CCC1. The predicted molar refractivity (Wildman–Crippen MR) is 61.8 cm³/mol. The molecule has 2 rings (SSSR count). The molecule has 0 atom stereocenters. The third-order valence-electron chi connectivity index (χ3n) is 3.11. The Hall–Kier alpha value is -0.0500. The van der Waals surface area contributed by atoms with Crippen molar-refractivity contribution in [2.75, 3.05) is 6.61 Å². The van der Waals surface area contributed by atoms with E-state index in [4.69, 9.17) is 11.6 Å². The molecular weight excluding hydrogens is 263 g/mol. The van der Waals surface area contributed by atoms with E-state index < -0.39 is 0 Å². The topological polar surface area (TPSA) is 20.2 Å². The van der Waals surface area contributed by atoms with Crippen molar-refractivity contribution in [2.45, 2.75) is 24.7 Å². The van der Waals surface area contributed by atoms with Gasteiger partial charge in [0.2, 0.25) is 0 Å². The molecule has 1 N–H and O–H groups in total. The summed E-state index contributed by atoms with van der Waals surface area (Å²) >= 11 is 9.57. The standard InChI is InChI=1S/C11H12BrClO/c12-8-2-3-10(13)9(6-8)11(7-14)4-1-5-11/h2-3,6,14H,1,4-5,7H2. The van der Waals surface area contributed by atoms with Crippen molar-refractivity contribution in [3.8, 4) is 0 Å². The third kappa shape index (κ3) is 1.60. The van der Waals surface area contributed by atoms with Crippen molar-refractivity contribution in [1.82, 2.24) is 0 Å². The molecule has 0 saturated heterocycles. The number of rotatable bonds is 2. The molecule has 14 heavy (non-hydrogen) atoms. The summed E-state index contributed by atoms with van der Waals surface area (Å²) in [5.41, 5.74) is 1.02. The highest BCUT2D eigenvalue weighted by molar-refractivity contribution is 9.10. The smallest absolute Gasteiger partial charge is 0.0528 e. The molecule has 0 unspecified atom stereocenters. The number of benzene rings is 1. The quantitative estimate of drug-likeness (QED) is 0.875. The van der Waals surface area contributed by atoms with Crippen molar-refractivity contribution < 1.29 is 5.11 Å². The first-order valence-electron chi connectivity index (χ1n) is 4.74. The van der Waals surface area contributed by atoms with Gasteiger partial charge in [-0.1, -0.05) is 34.0 Å². The maximum atomic E-state index is 9.43. The molecular formula is C11H12BrClO. The Bertz CT molecular complexity index is 342. The Morgan fingerprint density at radius 1 is 1.43 bits per heavy atom. The summed E-state index contributed by atoms with van der Waals surface area (Å²) in [6.07, 6.45) is 3.27. The number of aliphatic hydroxyl groups excluding tert-OH is 1. The van der Waals surface area contributed by atoms with E-state index in [9.17, 15) is 5.11 Å². The second kappa shape index (κ2) is 3.84. The first-order chi connectivity index (χ1) is 6.68. The van der Waals surface area contributed by atoms with Gasteiger partial charge in [-0.3, -0.25) is 0 Å². The van der Waals surface area contributed by atoms with Gasteiger partial charge in [-0.05, 0) is 36.6 Å². The molecule has 0 amide bonds. The average molecular weight is 276 g/mol. The maximum Gasteiger partial charge on any atom is 0.0528 e. The van der Waals surface area contributed by atoms with Gasteiger partial charge in [-0.15, -0.1) is 0 Å². The van der Waals surface area contributed by atoms with E-state index in [-0.39, 0.29) is 12.0 Å². The van der Waals surface area contributed by atoms with Crippen LogP contribution in [-0.4, -0.2) is 11.7 Å². The van der Waals surface area contributed by atoms with E-state index in [2.05, 4.69) is 15.9 Å². The van der Waals surface area contributed by atoms with Gasteiger partial charge in [0.1, 0.15) is 0 Å². The predicted octanol–water partition coefficient (Wildman–Crippen LogP) is 3.52. The second-order valence-corrected chi connectivity index (χ2v) is 5.24. The van der Waals surface area contributed by atoms with Gasteiger partial charge < -0.3 is 5.11 Å². The van der Waals surface area contributed by atoms with Crippen LogP contribution in [0.15, 0.2) is 22.7 Å². The van der Waals surface area contributed by atoms with Gasteiger partial charge in [-0.2, -0.15) is 0 Å². The molecule has 0 aromatic heterocycles. The van der Waals surface area contributed by atoms with Crippen molar-refractivity contribution in [3.05, 3.63) is 33.3 Å². The van der Waals surface area contributed by atoms with E-state index >= 15 is 0 Å². The Balaban J connectivity index is 2.43. The molecule has 0 spiro atoms. The lowest BCUT2D eigenvalue weighted by atomic mass is 9.65. The number of hydrogen-bond acceptors (Lipinski definition) is 1. The van der Waals surface area contributed by atoms with E-state index in [1.54, 1.807) is 0 Å². The lowest BCUT2D eigenvalue weighted by Gasteiger charge is -2.41. The molecule has 0 aliphatic heterocycles. The molecule has 0 heterocycles. The van der Waals surface area contributed by atoms with Crippen LogP contribution in [0.4, 0.5) is 0 Å². The molecule has 0 radical (unpaired) electrons. The molecule has 1 aliphatic rings. The zero-order valence-electron chi connectivity index (χ0n) is 7.76. The van der Waals surface area contributed by atoms with Gasteiger partial charge in [0.15, 0.2) is 0 Å². The highest BCUT2D eigenvalue weighted by atomic mass is 79.9. The van der Waals surface area contributed by atoms with Crippen molar-refractivity contribution >= 4 is 27.5 Å². The normalized spacial score (nSPS) is 19.1. The number of hydrogen-bond donors (Lipinski definition) is 1. The van der Waals surface area contributed by atoms with E-state index in [1.807, 2.05) is 18.2 Å². The van der Waals surface area contributed by atoms with Gasteiger partial charge in [0, 0.05) is 14.9 Å². The zero-order chi connectivity index (χ0) is 10.2. The molecule has 1 nitrogen and oxygen atoms in total. The van der Waals surface area contributed by atoms with Gasteiger partial charge in [0.05, 0.1) is 6.61 Å². The van der Waals surface area contributed by atoms with Crippen LogP contribution in [0, 0.1) is 0 Å². The zero-order valence-corrected chi connectivity index (χ0v) is 10.1. The Kier molecular flexibility index (Phi) is 2.87. The van der Waals surface area contributed by atoms with Crippen LogP contribution in [0.2, 0.25) is 5.02 Å². The largest absolute Gasteiger partial charge is 0.395 e. The minimum Gasteiger partial charge on any atom is -0.395 e. The Morgan fingerprint density at radius 3 is 2.64 bits per heavy atom. The molecule has 1 fully saturated rings. The summed E-state index contributed by atoms with van der Waals surface area (Å²) < 4.78 is 1.02. The summed E-state index contributed by atoms with van der Waals surface area (Å²) in [6, 6.07) is 5.84. The fourth-order valence-electron chi connectivity index (χ4n) is 2.02. The average Bonchev–Trinajstić information content (AvgIpc) is 2.10. The number of halogens is 2. The first kappa shape index (κ1) is 10.5. The highest BCUT2D eigenvalue weighted by Crippen LogP contribution is 2.46. The van der Waals surface area contributed by atoms with Gasteiger partial charge in [-0.25, -0.2) is 0 Å². The van der Waals surface area contributed by atoms with Crippen LogP contribution in [-0.2, 0) is 5.41 Å². The van der Waals surface area contributed by atoms with E-state index in [0.717, 1.165) is 27.9 Å². The summed E-state index contributed by atoms with van der Waals surface area (Å²) in [4.78, 5) is 0. The highest BCUT2D eigenvalue weighted by Gasteiger charge is 2.39. The third-order valence-corrected chi connectivity index (χ3v) is 3.94. The Morgan fingerprint density at radius 2 is 2.14 bits per heavy atom. The lowest BCUT2D eigenvalue weighted by molar-refractivity contribution is 0.120. The summed E-state index contributed by atoms with van der Waals surface area (Å²) in [7, 11) is 0. The molecule has 1 aliphatic carbocycles. The summed E-state index contributed by atoms with van der Waals surface area (Å²) in [6.45, 7) is 0.198. The van der Waals surface area contributed by atoms with Crippen molar-refractivity contribution in [2.24, 2.45) is 0 Å².